The molecule has 0 saturated carbocycles. The van der Waals surface area contributed by atoms with Gasteiger partial charge in [0.25, 0.3) is 11.8 Å². The standard InChI is InChI=1S/C21H20FN3O2S2/c22-17-5-2-1-4-16(17)14-25-11-13-29-21(25)23-19(26)15-7-9-24(10-8-15)20(27)18-6-3-12-28-18/h1-6,11-13,15H,7-10,14H2. The van der Waals surface area contributed by atoms with Crippen molar-refractivity contribution < 1.29 is 14.0 Å². The van der Waals surface area contributed by atoms with Crippen molar-refractivity contribution in [3.63, 3.8) is 0 Å². The lowest BCUT2D eigenvalue weighted by Crippen LogP contribution is -2.40. The van der Waals surface area contributed by atoms with E-state index in [1.807, 2.05) is 29.1 Å². The van der Waals surface area contributed by atoms with Crippen LogP contribution < -0.4 is 4.80 Å². The van der Waals surface area contributed by atoms with Crippen LogP contribution in [-0.4, -0.2) is 34.4 Å². The Morgan fingerprint density at radius 2 is 1.86 bits per heavy atom. The van der Waals surface area contributed by atoms with Crippen molar-refractivity contribution in [1.82, 2.24) is 9.47 Å². The molecule has 8 heteroatoms. The van der Waals surface area contributed by atoms with Crippen LogP contribution >= 0.6 is 22.7 Å². The lowest BCUT2D eigenvalue weighted by Gasteiger charge is -2.30. The number of carbonyl (C=O) groups excluding carboxylic acids is 2. The van der Waals surface area contributed by atoms with Gasteiger partial charge >= 0.3 is 0 Å². The van der Waals surface area contributed by atoms with Crippen molar-refractivity contribution in [3.8, 4) is 0 Å². The second-order valence-corrected chi connectivity index (χ2v) is 8.72. The number of piperidine rings is 1. The summed E-state index contributed by atoms with van der Waals surface area (Å²) in [6, 6.07) is 10.3. The van der Waals surface area contributed by atoms with E-state index in [9.17, 15) is 14.0 Å². The molecule has 2 aromatic heterocycles. The Morgan fingerprint density at radius 1 is 1.07 bits per heavy atom. The Hall–Kier alpha value is -2.58. The number of thiophene rings is 1. The minimum atomic E-state index is -0.272. The fraction of sp³-hybridized carbons (Fsp3) is 0.286. The number of benzene rings is 1. The van der Waals surface area contributed by atoms with E-state index >= 15 is 0 Å². The second-order valence-electron chi connectivity index (χ2n) is 6.90. The van der Waals surface area contributed by atoms with Gasteiger partial charge in [0.1, 0.15) is 5.82 Å². The molecule has 0 spiro atoms. The van der Waals surface area contributed by atoms with Gasteiger partial charge in [-0.05, 0) is 30.4 Å². The molecule has 0 atom stereocenters. The van der Waals surface area contributed by atoms with Crippen LogP contribution in [0.25, 0.3) is 0 Å². The van der Waals surface area contributed by atoms with Crippen LogP contribution in [0.5, 0.6) is 0 Å². The number of rotatable bonds is 4. The fourth-order valence-corrected chi connectivity index (χ4v) is 4.81. The number of halogens is 1. The summed E-state index contributed by atoms with van der Waals surface area (Å²) in [5.74, 6) is -0.598. The molecule has 1 aliphatic heterocycles. The van der Waals surface area contributed by atoms with Crippen LogP contribution in [0.15, 0.2) is 58.3 Å². The zero-order chi connectivity index (χ0) is 20.2. The second kappa shape index (κ2) is 8.84. The highest BCUT2D eigenvalue weighted by molar-refractivity contribution is 7.12. The van der Waals surface area contributed by atoms with Crippen LogP contribution in [0.2, 0.25) is 0 Å². The molecule has 1 aromatic carbocycles. The maximum absolute atomic E-state index is 13.9. The molecule has 1 saturated heterocycles. The number of thiazole rings is 1. The Morgan fingerprint density at radius 3 is 2.59 bits per heavy atom. The normalized spacial score (nSPS) is 15.6. The molecule has 0 radical (unpaired) electrons. The van der Waals surface area contributed by atoms with E-state index in [1.165, 1.54) is 28.7 Å². The number of aromatic nitrogens is 1. The van der Waals surface area contributed by atoms with E-state index in [0.29, 0.717) is 42.8 Å². The van der Waals surface area contributed by atoms with E-state index < -0.39 is 0 Å². The number of hydrogen-bond donors (Lipinski definition) is 0. The highest BCUT2D eigenvalue weighted by Gasteiger charge is 2.28. The summed E-state index contributed by atoms with van der Waals surface area (Å²) in [4.78, 5) is 32.5. The summed E-state index contributed by atoms with van der Waals surface area (Å²) in [6.07, 6.45) is 3.03. The highest BCUT2D eigenvalue weighted by atomic mass is 32.1. The Bertz CT molecular complexity index is 1060. The van der Waals surface area contributed by atoms with Gasteiger partial charge in [0.15, 0.2) is 4.80 Å². The molecule has 3 aromatic rings. The maximum atomic E-state index is 13.9. The fourth-order valence-electron chi connectivity index (χ4n) is 3.39. The van der Waals surface area contributed by atoms with Crippen LogP contribution in [0.1, 0.15) is 28.1 Å². The Balaban J connectivity index is 1.41. The molecule has 2 amide bonds. The third-order valence-corrected chi connectivity index (χ3v) is 6.68. The largest absolute Gasteiger partial charge is 0.338 e. The monoisotopic (exact) mass is 429 g/mol. The van der Waals surface area contributed by atoms with E-state index in [-0.39, 0.29) is 23.5 Å². The van der Waals surface area contributed by atoms with Gasteiger partial charge in [-0.2, -0.15) is 4.99 Å². The van der Waals surface area contributed by atoms with Crippen molar-refractivity contribution in [2.75, 3.05) is 13.1 Å². The molecular formula is C21H20FN3O2S2. The smallest absolute Gasteiger partial charge is 0.263 e. The van der Waals surface area contributed by atoms with Crippen molar-refractivity contribution >= 4 is 34.5 Å². The van der Waals surface area contributed by atoms with Crippen molar-refractivity contribution in [3.05, 3.63) is 74.4 Å². The molecule has 0 N–H and O–H groups in total. The summed E-state index contributed by atoms with van der Waals surface area (Å²) in [5, 5.41) is 3.73. The van der Waals surface area contributed by atoms with Crippen LogP contribution in [0.3, 0.4) is 0 Å². The Kier molecular flexibility index (Phi) is 6.01. The first kappa shape index (κ1) is 19.7. The van der Waals surface area contributed by atoms with Crippen LogP contribution in [0.4, 0.5) is 4.39 Å². The van der Waals surface area contributed by atoms with Crippen molar-refractivity contribution in [2.45, 2.75) is 19.4 Å². The van der Waals surface area contributed by atoms with Gasteiger partial charge in [0, 0.05) is 36.1 Å². The third-order valence-electron chi connectivity index (χ3n) is 5.03. The predicted octanol–water partition coefficient (Wildman–Crippen LogP) is 3.78. The first-order valence-electron chi connectivity index (χ1n) is 9.40. The number of likely N-dealkylation sites (tertiary alicyclic amines) is 1. The molecule has 150 valence electrons. The molecule has 5 nitrogen and oxygen atoms in total. The van der Waals surface area contributed by atoms with Crippen molar-refractivity contribution in [2.24, 2.45) is 10.9 Å². The third kappa shape index (κ3) is 4.54. The number of nitrogens with zero attached hydrogens (tertiary/aromatic N) is 3. The number of carbonyl (C=O) groups is 2. The highest BCUT2D eigenvalue weighted by Crippen LogP contribution is 2.21. The lowest BCUT2D eigenvalue weighted by molar-refractivity contribution is -0.123. The van der Waals surface area contributed by atoms with Gasteiger partial charge in [-0.1, -0.05) is 24.3 Å². The van der Waals surface area contributed by atoms with Gasteiger partial charge in [0.05, 0.1) is 11.4 Å². The molecule has 1 aliphatic rings. The van der Waals surface area contributed by atoms with Gasteiger partial charge in [0.2, 0.25) is 0 Å². The first-order chi connectivity index (χ1) is 14.1. The SMILES string of the molecule is O=C(N=c1sccn1Cc1ccccc1F)C1CCN(C(=O)c2cccs2)CC1. The number of hydrogen-bond acceptors (Lipinski definition) is 4. The average molecular weight is 430 g/mol. The molecule has 0 bridgehead atoms. The van der Waals surface area contributed by atoms with E-state index in [2.05, 4.69) is 4.99 Å². The van der Waals surface area contributed by atoms with E-state index in [4.69, 9.17) is 0 Å². The molecular weight excluding hydrogens is 409 g/mol. The maximum Gasteiger partial charge on any atom is 0.263 e. The molecule has 3 heterocycles. The zero-order valence-electron chi connectivity index (χ0n) is 15.7. The topological polar surface area (TPSA) is 54.7 Å². The summed E-state index contributed by atoms with van der Waals surface area (Å²) in [6.45, 7) is 1.45. The summed E-state index contributed by atoms with van der Waals surface area (Å²) in [5.41, 5.74) is 0.556. The minimum absolute atomic E-state index is 0.0313. The molecule has 4 rings (SSSR count). The zero-order valence-corrected chi connectivity index (χ0v) is 17.3. The van der Waals surface area contributed by atoms with Gasteiger partial charge in [-0.15, -0.1) is 22.7 Å². The lowest BCUT2D eigenvalue weighted by atomic mass is 9.96. The quantitative estimate of drug-likeness (QED) is 0.634. The van der Waals surface area contributed by atoms with Gasteiger partial charge in [-0.25, -0.2) is 4.39 Å². The molecule has 29 heavy (non-hydrogen) atoms. The predicted molar refractivity (Wildman–Crippen MR) is 111 cm³/mol. The Labute approximate surface area is 175 Å². The van der Waals surface area contributed by atoms with Crippen molar-refractivity contribution in [1.29, 1.82) is 0 Å². The molecule has 0 aliphatic carbocycles. The van der Waals surface area contributed by atoms with E-state index in [1.54, 1.807) is 27.7 Å². The average Bonchev–Trinajstić information content (AvgIpc) is 3.42. The molecule has 0 unspecified atom stereocenters. The summed E-state index contributed by atoms with van der Waals surface area (Å²) < 4.78 is 15.7. The molecule has 1 fully saturated rings. The van der Waals surface area contributed by atoms with E-state index in [0.717, 1.165) is 4.88 Å². The van der Waals surface area contributed by atoms with Crippen LogP contribution in [0, 0.1) is 11.7 Å². The van der Waals surface area contributed by atoms with Gasteiger partial charge < -0.3 is 9.47 Å². The summed E-state index contributed by atoms with van der Waals surface area (Å²) >= 11 is 2.79. The minimum Gasteiger partial charge on any atom is -0.338 e. The van der Waals surface area contributed by atoms with Crippen LogP contribution in [-0.2, 0) is 11.3 Å². The van der Waals surface area contributed by atoms with Gasteiger partial charge in [-0.3, -0.25) is 9.59 Å². The first-order valence-corrected chi connectivity index (χ1v) is 11.2. The number of amides is 2. The summed E-state index contributed by atoms with van der Waals surface area (Å²) in [7, 11) is 0.